The molecule has 0 aliphatic rings. The minimum absolute atomic E-state index is 0.0266. The zero-order valence-corrected chi connectivity index (χ0v) is 11.5. The highest BCUT2D eigenvalue weighted by atomic mass is 16.6. The van der Waals surface area contributed by atoms with Gasteiger partial charge in [0.2, 0.25) is 5.43 Å². The fraction of sp³-hybridized carbons (Fsp3) is 0. The highest BCUT2D eigenvalue weighted by Gasteiger charge is 2.31. The summed E-state index contributed by atoms with van der Waals surface area (Å²) in [6, 6.07) is 5.13. The van der Waals surface area contributed by atoms with Crippen molar-refractivity contribution in [3.63, 3.8) is 0 Å². The Labute approximate surface area is 130 Å². The van der Waals surface area contributed by atoms with Crippen molar-refractivity contribution in [1.29, 1.82) is 0 Å². The Morgan fingerprint density at radius 2 is 1.50 bits per heavy atom. The quantitative estimate of drug-likeness (QED) is 0.402. The average Bonchev–Trinajstić information content (AvgIpc) is 2.53. The molecule has 3 aromatic rings. The summed E-state index contributed by atoms with van der Waals surface area (Å²) in [7, 11) is 0. The lowest BCUT2D eigenvalue weighted by Gasteiger charge is -2.02. The van der Waals surface area contributed by atoms with Crippen LogP contribution in [0.15, 0.2) is 39.5 Å². The normalized spacial score (nSPS) is 10.8. The molecule has 24 heavy (non-hydrogen) atoms. The van der Waals surface area contributed by atoms with E-state index in [1.165, 1.54) is 6.07 Å². The van der Waals surface area contributed by atoms with Crippen LogP contribution >= 0.6 is 0 Å². The average molecular weight is 331 g/mol. The van der Waals surface area contributed by atoms with E-state index < -0.39 is 42.6 Å². The van der Waals surface area contributed by atoms with Gasteiger partial charge in [-0.05, 0) is 12.1 Å². The van der Waals surface area contributed by atoms with E-state index in [9.17, 15) is 35.1 Å². The number of nitrogens with zero attached hydrogens (tertiary/aromatic N) is 3. The zero-order valence-electron chi connectivity index (χ0n) is 11.5. The summed E-state index contributed by atoms with van der Waals surface area (Å²) < 4.78 is 5.34. The first kappa shape index (κ1) is 15.0. The SMILES string of the molecule is O=c1c2cc([N+](=O)[O-])ccc2oc2ccc([N+](=O)[O-])c([N+](=O)[O-])c12. The van der Waals surface area contributed by atoms with Crippen molar-refractivity contribution in [2.45, 2.75) is 0 Å². The molecule has 1 heterocycles. The number of hydrogen-bond acceptors (Lipinski definition) is 8. The van der Waals surface area contributed by atoms with Gasteiger partial charge in [0.15, 0.2) is 5.39 Å². The van der Waals surface area contributed by atoms with Gasteiger partial charge in [0.05, 0.1) is 20.2 Å². The lowest BCUT2D eigenvalue weighted by molar-refractivity contribution is -0.421. The molecule has 0 bridgehead atoms. The zero-order chi connectivity index (χ0) is 17.6. The van der Waals surface area contributed by atoms with Crippen LogP contribution in [0, 0.1) is 30.3 Å². The summed E-state index contributed by atoms with van der Waals surface area (Å²) in [4.78, 5) is 42.8. The van der Waals surface area contributed by atoms with Gasteiger partial charge in [-0.1, -0.05) is 0 Å². The second kappa shape index (κ2) is 5.08. The van der Waals surface area contributed by atoms with E-state index in [2.05, 4.69) is 0 Å². The molecule has 0 aliphatic carbocycles. The Balaban J connectivity index is 2.55. The van der Waals surface area contributed by atoms with Crippen LogP contribution in [0.3, 0.4) is 0 Å². The highest BCUT2D eigenvalue weighted by Crippen LogP contribution is 2.34. The molecule has 0 saturated carbocycles. The third-order valence-electron chi connectivity index (χ3n) is 3.36. The number of rotatable bonds is 3. The van der Waals surface area contributed by atoms with Crippen molar-refractivity contribution in [1.82, 2.24) is 0 Å². The van der Waals surface area contributed by atoms with Gasteiger partial charge >= 0.3 is 11.4 Å². The lowest BCUT2D eigenvalue weighted by atomic mass is 10.1. The third kappa shape index (κ3) is 2.11. The number of nitro groups is 3. The first-order chi connectivity index (χ1) is 11.3. The fourth-order valence-electron chi connectivity index (χ4n) is 2.35. The van der Waals surface area contributed by atoms with Crippen LogP contribution in [0.5, 0.6) is 0 Å². The minimum atomic E-state index is -1.05. The molecule has 120 valence electrons. The topological polar surface area (TPSA) is 160 Å². The molecule has 0 spiro atoms. The van der Waals surface area contributed by atoms with Gasteiger partial charge in [-0.3, -0.25) is 35.1 Å². The smallest absolute Gasteiger partial charge is 0.360 e. The number of benzene rings is 2. The molecule has 11 heteroatoms. The van der Waals surface area contributed by atoms with E-state index in [-0.39, 0.29) is 16.6 Å². The first-order valence-electron chi connectivity index (χ1n) is 6.28. The van der Waals surface area contributed by atoms with E-state index in [0.717, 1.165) is 24.3 Å². The van der Waals surface area contributed by atoms with Crippen LogP contribution in [0.2, 0.25) is 0 Å². The fourth-order valence-corrected chi connectivity index (χ4v) is 2.35. The molecular formula is C13H5N3O8. The Hall–Kier alpha value is -3.89. The highest BCUT2D eigenvalue weighted by molar-refractivity contribution is 5.98. The minimum Gasteiger partial charge on any atom is -0.456 e. The maximum absolute atomic E-state index is 12.6. The van der Waals surface area contributed by atoms with Crippen molar-refractivity contribution in [3.05, 3.63) is 70.9 Å². The lowest BCUT2D eigenvalue weighted by Crippen LogP contribution is -2.07. The monoisotopic (exact) mass is 331 g/mol. The van der Waals surface area contributed by atoms with Crippen molar-refractivity contribution >= 4 is 39.0 Å². The molecule has 0 saturated heterocycles. The predicted molar refractivity (Wildman–Crippen MR) is 80.0 cm³/mol. The van der Waals surface area contributed by atoms with Crippen LogP contribution in [-0.4, -0.2) is 14.8 Å². The van der Waals surface area contributed by atoms with Crippen LogP contribution in [0.4, 0.5) is 17.1 Å². The maximum Gasteiger partial charge on any atom is 0.360 e. The van der Waals surface area contributed by atoms with Crippen LogP contribution in [0.1, 0.15) is 0 Å². The molecule has 0 N–H and O–H groups in total. The van der Waals surface area contributed by atoms with Crippen molar-refractivity contribution < 1.29 is 19.2 Å². The maximum atomic E-state index is 12.6. The third-order valence-corrected chi connectivity index (χ3v) is 3.36. The molecule has 0 unspecified atom stereocenters. The molecular weight excluding hydrogens is 326 g/mol. The summed E-state index contributed by atoms with van der Waals surface area (Å²) in [5.74, 6) is 0. The largest absolute Gasteiger partial charge is 0.456 e. The number of nitro benzene ring substituents is 3. The summed E-state index contributed by atoms with van der Waals surface area (Å²) in [5, 5.41) is 32.1. The van der Waals surface area contributed by atoms with Gasteiger partial charge in [-0.15, -0.1) is 0 Å². The number of non-ortho nitro benzene ring substituents is 1. The molecule has 0 aliphatic heterocycles. The second-order valence-corrected chi connectivity index (χ2v) is 4.69. The summed E-state index contributed by atoms with van der Waals surface area (Å²) in [6.07, 6.45) is 0. The van der Waals surface area contributed by atoms with E-state index >= 15 is 0 Å². The van der Waals surface area contributed by atoms with Crippen LogP contribution in [-0.2, 0) is 0 Å². The van der Waals surface area contributed by atoms with E-state index in [4.69, 9.17) is 4.42 Å². The van der Waals surface area contributed by atoms with Gasteiger partial charge in [0, 0.05) is 18.2 Å². The first-order valence-corrected chi connectivity index (χ1v) is 6.28. The number of hydrogen-bond donors (Lipinski definition) is 0. The van der Waals surface area contributed by atoms with Crippen molar-refractivity contribution in [2.24, 2.45) is 0 Å². The van der Waals surface area contributed by atoms with Crippen LogP contribution < -0.4 is 5.43 Å². The predicted octanol–water partition coefficient (Wildman–Crippen LogP) is 2.67. The van der Waals surface area contributed by atoms with Gasteiger partial charge in [0.1, 0.15) is 11.2 Å². The van der Waals surface area contributed by atoms with Gasteiger partial charge in [-0.2, -0.15) is 0 Å². The van der Waals surface area contributed by atoms with E-state index in [1.54, 1.807) is 0 Å². The number of fused-ring (bicyclic) bond motifs is 2. The van der Waals surface area contributed by atoms with E-state index in [1.807, 2.05) is 0 Å². The Morgan fingerprint density at radius 3 is 2.08 bits per heavy atom. The molecule has 3 rings (SSSR count). The molecule has 0 fully saturated rings. The summed E-state index contributed by atoms with van der Waals surface area (Å²) >= 11 is 0. The Morgan fingerprint density at radius 1 is 0.833 bits per heavy atom. The summed E-state index contributed by atoms with van der Waals surface area (Å²) in [6.45, 7) is 0. The molecule has 0 amide bonds. The second-order valence-electron chi connectivity index (χ2n) is 4.69. The molecule has 1 aromatic heterocycles. The Kier molecular flexibility index (Phi) is 3.18. The van der Waals surface area contributed by atoms with Crippen LogP contribution in [0.25, 0.3) is 21.9 Å². The molecule has 11 nitrogen and oxygen atoms in total. The van der Waals surface area contributed by atoms with Gasteiger partial charge < -0.3 is 4.42 Å². The Bertz CT molecular complexity index is 1120. The molecule has 2 aromatic carbocycles. The van der Waals surface area contributed by atoms with Crippen molar-refractivity contribution in [3.8, 4) is 0 Å². The van der Waals surface area contributed by atoms with Gasteiger partial charge in [-0.25, -0.2) is 0 Å². The van der Waals surface area contributed by atoms with Gasteiger partial charge in [0.25, 0.3) is 5.69 Å². The summed E-state index contributed by atoms with van der Waals surface area (Å²) in [5.41, 5.74) is -3.50. The van der Waals surface area contributed by atoms with E-state index in [0.29, 0.717) is 0 Å². The molecule has 0 radical (unpaired) electrons. The standard InChI is InChI=1S/C13H5N3O8/c17-13-7-5-6(14(18)19)1-3-9(7)24-10-4-2-8(15(20)21)12(11(10)13)16(22)23/h1-5H. The van der Waals surface area contributed by atoms with Crippen molar-refractivity contribution in [2.75, 3.05) is 0 Å². The molecule has 0 atom stereocenters.